The largest absolute Gasteiger partial charge is 0.337 e. The fourth-order valence-electron chi connectivity index (χ4n) is 4.61. The second-order valence-corrected chi connectivity index (χ2v) is 8.96. The smallest absolute Gasteiger partial charge is 0.263 e. The van der Waals surface area contributed by atoms with Crippen LogP contribution < -0.4 is 5.56 Å². The Hall–Kier alpha value is -2.37. The van der Waals surface area contributed by atoms with Crippen molar-refractivity contribution in [2.75, 3.05) is 13.1 Å². The molecule has 142 valence electrons. The van der Waals surface area contributed by atoms with Gasteiger partial charge in [0.15, 0.2) is 0 Å². The fraction of sp³-hybridized carbons (Fsp3) is 0.273. The third-order valence-electron chi connectivity index (χ3n) is 5.76. The molecule has 5 rings (SSSR count). The monoisotopic (exact) mass is 410 g/mol. The highest BCUT2D eigenvalue weighted by molar-refractivity contribution is 7.12. The molecule has 0 N–H and O–H groups in total. The van der Waals surface area contributed by atoms with Crippen LogP contribution in [0.5, 0.6) is 0 Å². The van der Waals surface area contributed by atoms with Gasteiger partial charge in [-0.05, 0) is 47.5 Å². The molecule has 4 nitrogen and oxygen atoms in total. The molecule has 2 bridgehead atoms. The Kier molecular flexibility index (Phi) is 4.37. The lowest BCUT2D eigenvalue weighted by atomic mass is 9.80. The van der Waals surface area contributed by atoms with E-state index >= 15 is 0 Å². The van der Waals surface area contributed by atoms with Crippen LogP contribution in [0.4, 0.5) is 0 Å². The van der Waals surface area contributed by atoms with E-state index in [0.29, 0.717) is 30.6 Å². The van der Waals surface area contributed by atoms with Crippen LogP contribution in [0.25, 0.3) is 11.1 Å². The summed E-state index contributed by atoms with van der Waals surface area (Å²) in [6, 6.07) is 15.1. The van der Waals surface area contributed by atoms with Crippen LogP contribution in [0.1, 0.15) is 27.7 Å². The Balaban J connectivity index is 1.56. The van der Waals surface area contributed by atoms with Gasteiger partial charge in [0.05, 0.1) is 4.88 Å². The van der Waals surface area contributed by atoms with E-state index in [1.807, 2.05) is 57.3 Å². The van der Waals surface area contributed by atoms with E-state index in [-0.39, 0.29) is 17.4 Å². The number of pyridine rings is 1. The molecule has 0 spiro atoms. The predicted molar refractivity (Wildman–Crippen MR) is 112 cm³/mol. The van der Waals surface area contributed by atoms with E-state index in [1.165, 1.54) is 11.3 Å². The zero-order valence-corrected chi connectivity index (χ0v) is 16.7. The summed E-state index contributed by atoms with van der Waals surface area (Å²) in [5.41, 5.74) is 3.20. The Bertz CT molecular complexity index is 1090. The van der Waals surface area contributed by atoms with Gasteiger partial charge < -0.3 is 9.47 Å². The van der Waals surface area contributed by atoms with Crippen molar-refractivity contribution in [1.82, 2.24) is 9.47 Å². The molecule has 0 saturated carbocycles. The summed E-state index contributed by atoms with van der Waals surface area (Å²) >= 11 is 7.54. The summed E-state index contributed by atoms with van der Waals surface area (Å²) in [7, 11) is 0. The molecule has 2 aromatic heterocycles. The van der Waals surface area contributed by atoms with E-state index in [2.05, 4.69) is 0 Å². The molecule has 0 aliphatic carbocycles. The average molecular weight is 411 g/mol. The summed E-state index contributed by atoms with van der Waals surface area (Å²) in [6.45, 7) is 2.03. The number of carbonyl (C=O) groups excluding carboxylic acids is 1. The summed E-state index contributed by atoms with van der Waals surface area (Å²) in [5.74, 6) is 0.578. The summed E-state index contributed by atoms with van der Waals surface area (Å²) < 4.78 is 1.93. The van der Waals surface area contributed by atoms with E-state index in [1.54, 1.807) is 6.07 Å². The molecule has 0 radical (unpaired) electrons. The first kappa shape index (κ1) is 17.7. The third-order valence-corrected chi connectivity index (χ3v) is 6.87. The van der Waals surface area contributed by atoms with Gasteiger partial charge in [-0.25, -0.2) is 0 Å². The number of piperidine rings is 1. The Morgan fingerprint density at radius 3 is 2.61 bits per heavy atom. The van der Waals surface area contributed by atoms with Crippen LogP contribution in [0.15, 0.2) is 58.7 Å². The second kappa shape index (κ2) is 6.90. The minimum absolute atomic E-state index is 0.0421. The Morgan fingerprint density at radius 1 is 1.04 bits per heavy atom. The number of hydrogen-bond donors (Lipinski definition) is 0. The van der Waals surface area contributed by atoms with Gasteiger partial charge >= 0.3 is 0 Å². The van der Waals surface area contributed by atoms with Gasteiger partial charge in [-0.3, -0.25) is 9.59 Å². The zero-order chi connectivity index (χ0) is 19.3. The topological polar surface area (TPSA) is 42.3 Å². The van der Waals surface area contributed by atoms with E-state index in [0.717, 1.165) is 28.1 Å². The number of amides is 1. The molecular formula is C22H19ClN2O2S. The number of rotatable bonds is 2. The highest BCUT2D eigenvalue weighted by Gasteiger charge is 2.38. The minimum atomic E-state index is 0.0421. The van der Waals surface area contributed by atoms with Crippen LogP contribution in [0.3, 0.4) is 0 Å². The van der Waals surface area contributed by atoms with Crippen molar-refractivity contribution >= 4 is 28.8 Å². The molecule has 28 heavy (non-hydrogen) atoms. The maximum absolute atomic E-state index is 12.9. The number of nitrogens with zero attached hydrogens (tertiary/aromatic N) is 2. The van der Waals surface area contributed by atoms with Crippen LogP contribution >= 0.6 is 22.9 Å². The zero-order valence-electron chi connectivity index (χ0n) is 15.2. The third kappa shape index (κ3) is 2.99. The fourth-order valence-corrected chi connectivity index (χ4v) is 5.43. The van der Waals surface area contributed by atoms with Gasteiger partial charge in [-0.15, -0.1) is 11.3 Å². The number of likely N-dealkylation sites (tertiary alicyclic amines) is 1. The molecule has 4 heterocycles. The van der Waals surface area contributed by atoms with Gasteiger partial charge in [0.1, 0.15) is 0 Å². The van der Waals surface area contributed by atoms with Crippen molar-refractivity contribution in [2.24, 2.45) is 5.92 Å². The number of carbonyl (C=O) groups is 1. The number of thiophene rings is 1. The first-order valence-corrected chi connectivity index (χ1v) is 10.7. The first-order valence-electron chi connectivity index (χ1n) is 9.42. The van der Waals surface area contributed by atoms with Gasteiger partial charge in [0, 0.05) is 47.9 Å². The predicted octanol–water partition coefficient (Wildman–Crippen LogP) is 4.49. The maximum atomic E-state index is 12.9. The number of benzene rings is 1. The molecule has 6 heteroatoms. The molecule has 1 aromatic carbocycles. The van der Waals surface area contributed by atoms with Crippen molar-refractivity contribution in [3.63, 3.8) is 0 Å². The van der Waals surface area contributed by atoms with Crippen molar-refractivity contribution in [3.05, 3.63) is 79.9 Å². The second-order valence-electron chi connectivity index (χ2n) is 7.57. The van der Waals surface area contributed by atoms with Crippen molar-refractivity contribution in [1.29, 1.82) is 0 Å². The average Bonchev–Trinajstić information content (AvgIpc) is 3.24. The molecule has 1 amide bonds. The van der Waals surface area contributed by atoms with Crippen LogP contribution in [0, 0.1) is 5.92 Å². The van der Waals surface area contributed by atoms with Crippen LogP contribution in [0.2, 0.25) is 5.02 Å². The molecule has 1 saturated heterocycles. The van der Waals surface area contributed by atoms with Crippen LogP contribution in [-0.2, 0) is 6.54 Å². The summed E-state index contributed by atoms with van der Waals surface area (Å²) in [5, 5.41) is 2.63. The molecule has 2 atom stereocenters. The highest BCUT2D eigenvalue weighted by Crippen LogP contribution is 2.40. The number of aromatic nitrogens is 1. The van der Waals surface area contributed by atoms with E-state index < -0.39 is 0 Å². The van der Waals surface area contributed by atoms with Crippen molar-refractivity contribution in [2.45, 2.75) is 18.9 Å². The van der Waals surface area contributed by atoms with Crippen LogP contribution in [-0.4, -0.2) is 28.5 Å². The first-order chi connectivity index (χ1) is 13.6. The summed E-state index contributed by atoms with van der Waals surface area (Å²) in [6.07, 6.45) is 1.01. The van der Waals surface area contributed by atoms with Crippen molar-refractivity contribution < 1.29 is 4.79 Å². The molecule has 2 aliphatic heterocycles. The van der Waals surface area contributed by atoms with Gasteiger partial charge in [-0.1, -0.05) is 29.8 Å². The van der Waals surface area contributed by atoms with E-state index in [4.69, 9.17) is 11.6 Å². The van der Waals surface area contributed by atoms with Gasteiger partial charge in [-0.2, -0.15) is 0 Å². The number of halogens is 1. The molecule has 0 unspecified atom stereocenters. The number of hydrogen-bond acceptors (Lipinski definition) is 3. The van der Waals surface area contributed by atoms with Gasteiger partial charge in [0.2, 0.25) is 0 Å². The quantitative estimate of drug-likeness (QED) is 0.624. The van der Waals surface area contributed by atoms with E-state index in [9.17, 15) is 9.59 Å². The lowest BCUT2D eigenvalue weighted by molar-refractivity contribution is 0.0600. The van der Waals surface area contributed by atoms with Gasteiger partial charge in [0.25, 0.3) is 11.5 Å². The number of fused-ring (bicyclic) bond motifs is 4. The highest BCUT2D eigenvalue weighted by atomic mass is 35.5. The maximum Gasteiger partial charge on any atom is 0.263 e. The SMILES string of the molecule is O=C(c1cccs1)N1C[C@@H]2C[C@H](C1)c1c(-c3ccc(Cl)cc3)ccc(=O)n1C2. The lowest BCUT2D eigenvalue weighted by Crippen LogP contribution is -2.49. The summed E-state index contributed by atoms with van der Waals surface area (Å²) in [4.78, 5) is 28.3. The Morgan fingerprint density at radius 2 is 1.86 bits per heavy atom. The standard InChI is InChI=1S/C22H19ClN2O2S/c23-17-5-3-15(4-6-17)18-7-8-20(26)25-12-14-10-16(21(18)25)13-24(11-14)22(27)19-2-1-9-28-19/h1-9,14,16H,10-13H2/t14-,16+/m0/s1. The Labute approximate surface area is 172 Å². The minimum Gasteiger partial charge on any atom is -0.337 e. The molecule has 1 fully saturated rings. The lowest BCUT2D eigenvalue weighted by Gasteiger charge is -2.43. The van der Waals surface area contributed by atoms with Crippen molar-refractivity contribution in [3.8, 4) is 11.1 Å². The molecule has 3 aromatic rings. The normalized spacial score (nSPS) is 20.7. The molecular weight excluding hydrogens is 392 g/mol. The molecule has 2 aliphatic rings.